The molecule has 0 aliphatic rings. The summed E-state index contributed by atoms with van der Waals surface area (Å²) in [5, 5.41) is 3.45. The molecule has 2 rings (SSSR count). The molecule has 0 fully saturated rings. The molecule has 2 aromatic rings. The molecule has 0 aromatic heterocycles. The number of alkyl halides is 1. The predicted octanol–water partition coefficient (Wildman–Crippen LogP) is 4.61. The van der Waals surface area contributed by atoms with Crippen LogP contribution in [0.2, 0.25) is 5.02 Å². The monoisotopic (exact) mass is 419 g/mol. The van der Waals surface area contributed by atoms with Crippen molar-refractivity contribution in [1.29, 1.82) is 0 Å². The van der Waals surface area contributed by atoms with Gasteiger partial charge < -0.3 is 5.32 Å². The van der Waals surface area contributed by atoms with Crippen LogP contribution in [0.4, 0.5) is 0 Å². The third kappa shape index (κ3) is 4.11. The van der Waals surface area contributed by atoms with Crippen LogP contribution in [0.3, 0.4) is 0 Å². The normalized spacial score (nSPS) is 10.3. The Bertz CT molecular complexity index is 614. The van der Waals surface area contributed by atoms with Crippen LogP contribution in [-0.4, -0.2) is 5.91 Å². The van der Waals surface area contributed by atoms with Gasteiger partial charge in [0.15, 0.2) is 0 Å². The van der Waals surface area contributed by atoms with Crippen LogP contribution in [0.25, 0.3) is 0 Å². The smallest absolute Gasteiger partial charge is 0.251 e. The van der Waals surface area contributed by atoms with Gasteiger partial charge >= 0.3 is 0 Å². The van der Waals surface area contributed by atoms with Crippen LogP contribution in [0.5, 0.6) is 0 Å². The van der Waals surface area contributed by atoms with Gasteiger partial charge in [0.1, 0.15) is 0 Å². The molecule has 0 saturated carbocycles. The highest BCUT2D eigenvalue weighted by Crippen LogP contribution is 2.19. The molecule has 5 heteroatoms. The van der Waals surface area contributed by atoms with Gasteiger partial charge in [-0.1, -0.05) is 35.9 Å². The van der Waals surface area contributed by atoms with Crippen molar-refractivity contribution in [3.05, 3.63) is 67.7 Å². The highest BCUT2D eigenvalue weighted by atomic mass is 127. The van der Waals surface area contributed by atoms with E-state index in [0.29, 0.717) is 23.0 Å². The van der Waals surface area contributed by atoms with Gasteiger partial charge in [-0.15, -0.1) is 11.6 Å². The quantitative estimate of drug-likeness (QED) is 0.568. The van der Waals surface area contributed by atoms with Crippen molar-refractivity contribution < 1.29 is 4.79 Å². The van der Waals surface area contributed by atoms with E-state index in [1.165, 1.54) is 0 Å². The van der Waals surface area contributed by atoms with Gasteiger partial charge in [0.25, 0.3) is 5.91 Å². The summed E-state index contributed by atoms with van der Waals surface area (Å²) in [5.74, 6) is 0.359. The summed E-state index contributed by atoms with van der Waals surface area (Å²) in [4.78, 5) is 12.0. The lowest BCUT2D eigenvalue weighted by molar-refractivity contribution is 0.0951. The number of carbonyl (C=O) groups excluding carboxylic acids is 1. The zero-order chi connectivity index (χ0) is 14.5. The maximum atomic E-state index is 12.0. The topological polar surface area (TPSA) is 29.1 Å². The molecule has 0 atom stereocenters. The number of hydrogen-bond donors (Lipinski definition) is 1. The number of amides is 1. The molecular weight excluding hydrogens is 408 g/mol. The van der Waals surface area contributed by atoms with Crippen LogP contribution in [0.1, 0.15) is 21.5 Å². The number of benzene rings is 2. The first kappa shape index (κ1) is 15.6. The Kier molecular flexibility index (Phi) is 5.69. The Hall–Kier alpha value is -0.780. The lowest BCUT2D eigenvalue weighted by Crippen LogP contribution is -2.22. The molecule has 0 radical (unpaired) electrons. The highest BCUT2D eigenvalue weighted by Gasteiger charge is 2.07. The molecule has 1 amide bonds. The van der Waals surface area contributed by atoms with E-state index in [4.69, 9.17) is 23.2 Å². The largest absolute Gasteiger partial charge is 0.348 e. The Balaban J connectivity index is 1.98. The lowest BCUT2D eigenvalue weighted by atomic mass is 10.1. The fourth-order valence-electron chi connectivity index (χ4n) is 1.67. The van der Waals surface area contributed by atoms with Crippen molar-refractivity contribution in [3.63, 3.8) is 0 Å². The number of carbonyl (C=O) groups is 1. The van der Waals surface area contributed by atoms with Crippen LogP contribution in [-0.2, 0) is 12.4 Å². The second kappa shape index (κ2) is 7.29. The lowest BCUT2D eigenvalue weighted by Gasteiger charge is -2.07. The average Bonchev–Trinajstić information content (AvgIpc) is 2.48. The van der Waals surface area contributed by atoms with E-state index < -0.39 is 0 Å². The van der Waals surface area contributed by atoms with Gasteiger partial charge in [0.05, 0.1) is 5.02 Å². The molecule has 20 heavy (non-hydrogen) atoms. The summed E-state index contributed by atoms with van der Waals surface area (Å²) in [6.45, 7) is 0.477. The molecule has 0 spiro atoms. The summed E-state index contributed by atoms with van der Waals surface area (Å²) >= 11 is 13.9. The van der Waals surface area contributed by atoms with Crippen molar-refractivity contribution in [2.24, 2.45) is 0 Å². The molecule has 0 bridgehead atoms. The van der Waals surface area contributed by atoms with Crippen molar-refractivity contribution in [1.82, 2.24) is 5.32 Å². The minimum absolute atomic E-state index is 0.135. The van der Waals surface area contributed by atoms with Crippen LogP contribution in [0.15, 0.2) is 42.5 Å². The van der Waals surface area contributed by atoms with Crippen molar-refractivity contribution in [3.8, 4) is 0 Å². The Labute approximate surface area is 141 Å². The van der Waals surface area contributed by atoms with Gasteiger partial charge in [-0.25, -0.2) is 0 Å². The van der Waals surface area contributed by atoms with Crippen LogP contribution in [0, 0.1) is 3.57 Å². The molecule has 0 unspecified atom stereocenters. The Morgan fingerprint density at radius 2 is 1.75 bits per heavy atom. The van der Waals surface area contributed by atoms with Crippen molar-refractivity contribution in [2.75, 3.05) is 0 Å². The average molecular weight is 420 g/mol. The predicted molar refractivity (Wildman–Crippen MR) is 91.3 cm³/mol. The fourth-order valence-corrected chi connectivity index (χ4v) is 2.36. The molecular formula is C15H12Cl2INO. The number of hydrogen-bond acceptors (Lipinski definition) is 1. The molecule has 104 valence electrons. The van der Waals surface area contributed by atoms with E-state index in [1.54, 1.807) is 12.1 Å². The number of halogens is 3. The van der Waals surface area contributed by atoms with Gasteiger partial charge in [-0.3, -0.25) is 4.79 Å². The molecule has 1 N–H and O–H groups in total. The minimum Gasteiger partial charge on any atom is -0.348 e. The molecule has 2 aromatic carbocycles. The van der Waals surface area contributed by atoms with Gasteiger partial charge in [-0.2, -0.15) is 0 Å². The van der Waals surface area contributed by atoms with Gasteiger partial charge in [0.2, 0.25) is 0 Å². The zero-order valence-corrected chi connectivity index (χ0v) is 14.2. The third-order valence-electron chi connectivity index (χ3n) is 2.81. The number of rotatable bonds is 4. The summed E-state index contributed by atoms with van der Waals surface area (Å²) in [7, 11) is 0. The zero-order valence-electron chi connectivity index (χ0n) is 10.5. The Morgan fingerprint density at radius 3 is 2.35 bits per heavy atom. The highest BCUT2D eigenvalue weighted by molar-refractivity contribution is 14.1. The first-order valence-corrected chi connectivity index (χ1v) is 7.96. The molecule has 0 saturated heterocycles. The van der Waals surface area contributed by atoms with E-state index in [1.807, 2.05) is 30.3 Å². The van der Waals surface area contributed by atoms with Crippen LogP contribution >= 0.6 is 45.8 Å². The molecule has 2 nitrogen and oxygen atoms in total. The van der Waals surface area contributed by atoms with Crippen molar-refractivity contribution in [2.45, 2.75) is 12.4 Å². The molecule has 0 heterocycles. The number of nitrogens with one attached hydrogen (secondary N) is 1. The fraction of sp³-hybridized carbons (Fsp3) is 0.133. The SMILES string of the molecule is O=C(NCc1ccc(CCl)cc1)c1ccc(I)c(Cl)c1. The maximum absolute atomic E-state index is 12.0. The van der Waals surface area contributed by atoms with E-state index in [9.17, 15) is 4.79 Å². The third-order valence-corrected chi connectivity index (χ3v) is 4.69. The first-order chi connectivity index (χ1) is 9.60. The van der Waals surface area contributed by atoms with Gasteiger partial charge in [-0.05, 0) is 51.9 Å². The summed E-state index contributed by atoms with van der Waals surface area (Å²) < 4.78 is 0.928. The van der Waals surface area contributed by atoms with E-state index >= 15 is 0 Å². The van der Waals surface area contributed by atoms with Crippen molar-refractivity contribution >= 4 is 51.7 Å². The minimum atomic E-state index is -0.135. The summed E-state index contributed by atoms with van der Waals surface area (Å²) in [6.07, 6.45) is 0. The van der Waals surface area contributed by atoms with E-state index in [2.05, 4.69) is 27.9 Å². The molecule has 0 aliphatic heterocycles. The van der Waals surface area contributed by atoms with Crippen LogP contribution < -0.4 is 5.32 Å². The second-order valence-corrected chi connectivity index (χ2v) is 6.10. The first-order valence-electron chi connectivity index (χ1n) is 5.97. The standard InChI is InChI=1S/C15H12Cl2INO/c16-8-10-1-3-11(4-2-10)9-19-15(20)12-5-6-14(18)13(17)7-12/h1-7H,8-9H2,(H,19,20). The van der Waals surface area contributed by atoms with Gasteiger partial charge in [0, 0.05) is 21.6 Å². The summed E-state index contributed by atoms with van der Waals surface area (Å²) in [5.41, 5.74) is 2.66. The van der Waals surface area contributed by atoms with E-state index in [-0.39, 0.29) is 5.91 Å². The second-order valence-electron chi connectivity index (χ2n) is 4.26. The Morgan fingerprint density at radius 1 is 1.10 bits per heavy atom. The molecule has 0 aliphatic carbocycles. The summed E-state index contributed by atoms with van der Waals surface area (Å²) in [6, 6.07) is 13.1. The maximum Gasteiger partial charge on any atom is 0.251 e. The van der Waals surface area contributed by atoms with E-state index in [0.717, 1.165) is 14.7 Å².